The standard InChI is InChI=1S/C22H21ClN4O3S2/c1-3-9-30-19-17(23)10-16(11-18(19)29-4-2)20(28)25-21-26-27-22(32-21)31-13-15-7-5-14(12-24)6-8-15/h5-8,10-11H,3-4,9,13H2,1-2H3,(H,25,26,28). The van der Waals surface area contributed by atoms with Crippen molar-refractivity contribution in [2.75, 3.05) is 18.5 Å². The Morgan fingerprint density at radius 3 is 2.69 bits per heavy atom. The van der Waals surface area contributed by atoms with E-state index in [-0.39, 0.29) is 5.91 Å². The summed E-state index contributed by atoms with van der Waals surface area (Å²) in [6.07, 6.45) is 0.826. The molecule has 0 radical (unpaired) electrons. The second-order valence-electron chi connectivity index (χ2n) is 6.49. The van der Waals surface area contributed by atoms with Crippen LogP contribution in [-0.2, 0) is 5.75 Å². The third-order valence-electron chi connectivity index (χ3n) is 4.09. The Bertz CT molecular complexity index is 1110. The van der Waals surface area contributed by atoms with Crippen LogP contribution < -0.4 is 14.8 Å². The Hall–Kier alpha value is -2.80. The van der Waals surface area contributed by atoms with Crippen molar-refractivity contribution in [3.05, 3.63) is 58.1 Å². The van der Waals surface area contributed by atoms with Gasteiger partial charge in [-0.1, -0.05) is 53.8 Å². The van der Waals surface area contributed by atoms with Crippen molar-refractivity contribution in [3.8, 4) is 17.6 Å². The van der Waals surface area contributed by atoms with Crippen LogP contribution in [0.4, 0.5) is 5.13 Å². The number of anilines is 1. The number of aromatic nitrogens is 2. The van der Waals surface area contributed by atoms with Crippen LogP contribution in [0.5, 0.6) is 11.5 Å². The number of nitrogens with zero attached hydrogens (tertiary/aromatic N) is 3. The fourth-order valence-electron chi connectivity index (χ4n) is 2.61. The maximum absolute atomic E-state index is 12.7. The number of nitrogens with one attached hydrogen (secondary N) is 1. The quantitative estimate of drug-likeness (QED) is 0.284. The summed E-state index contributed by atoms with van der Waals surface area (Å²) in [6.45, 7) is 4.76. The molecule has 2 aromatic carbocycles. The highest BCUT2D eigenvalue weighted by Crippen LogP contribution is 2.37. The van der Waals surface area contributed by atoms with Gasteiger partial charge >= 0.3 is 0 Å². The Kier molecular flexibility index (Phi) is 8.73. The van der Waals surface area contributed by atoms with Crippen LogP contribution in [0, 0.1) is 11.3 Å². The molecule has 0 unspecified atom stereocenters. The smallest absolute Gasteiger partial charge is 0.257 e. The van der Waals surface area contributed by atoms with Crippen molar-refractivity contribution in [3.63, 3.8) is 0 Å². The monoisotopic (exact) mass is 488 g/mol. The number of hydrogen-bond donors (Lipinski definition) is 1. The fraction of sp³-hybridized carbons (Fsp3) is 0.273. The van der Waals surface area contributed by atoms with Gasteiger partial charge in [0.25, 0.3) is 5.91 Å². The maximum Gasteiger partial charge on any atom is 0.257 e. The number of hydrogen-bond acceptors (Lipinski definition) is 8. The molecular formula is C22H21ClN4O3S2. The maximum atomic E-state index is 12.7. The summed E-state index contributed by atoms with van der Waals surface area (Å²) in [6, 6.07) is 12.6. The number of amides is 1. The molecule has 10 heteroatoms. The van der Waals surface area contributed by atoms with Crippen LogP contribution in [0.2, 0.25) is 5.02 Å². The molecule has 0 spiro atoms. The van der Waals surface area contributed by atoms with Gasteiger partial charge in [-0.25, -0.2) is 0 Å². The largest absolute Gasteiger partial charge is 0.490 e. The minimum Gasteiger partial charge on any atom is -0.490 e. The van der Waals surface area contributed by atoms with Gasteiger partial charge in [0.1, 0.15) is 0 Å². The predicted octanol–water partition coefficient (Wildman–Crippen LogP) is 5.80. The van der Waals surface area contributed by atoms with E-state index in [1.807, 2.05) is 26.0 Å². The Morgan fingerprint density at radius 2 is 2.00 bits per heavy atom. The molecule has 3 rings (SSSR count). The van der Waals surface area contributed by atoms with Crippen molar-refractivity contribution in [2.24, 2.45) is 0 Å². The van der Waals surface area contributed by atoms with Gasteiger partial charge in [0, 0.05) is 11.3 Å². The van der Waals surface area contributed by atoms with E-state index in [2.05, 4.69) is 21.6 Å². The molecule has 32 heavy (non-hydrogen) atoms. The SMILES string of the molecule is CCCOc1c(Cl)cc(C(=O)Nc2nnc(SCc3ccc(C#N)cc3)s2)cc1OCC. The number of halogens is 1. The second kappa shape index (κ2) is 11.7. The molecular weight excluding hydrogens is 468 g/mol. The molecule has 166 valence electrons. The summed E-state index contributed by atoms with van der Waals surface area (Å²) < 4.78 is 12.0. The summed E-state index contributed by atoms with van der Waals surface area (Å²) >= 11 is 9.13. The summed E-state index contributed by atoms with van der Waals surface area (Å²) in [7, 11) is 0. The number of nitriles is 1. The number of ether oxygens (including phenoxy) is 2. The third kappa shape index (κ3) is 6.36. The first-order chi connectivity index (χ1) is 15.5. The zero-order valence-corrected chi connectivity index (χ0v) is 19.9. The average Bonchev–Trinajstić information content (AvgIpc) is 3.24. The molecule has 1 amide bonds. The van der Waals surface area contributed by atoms with E-state index in [0.717, 1.165) is 16.3 Å². The molecule has 0 saturated carbocycles. The fourth-order valence-corrected chi connectivity index (χ4v) is 4.58. The molecule has 0 aliphatic heterocycles. The molecule has 3 aromatic rings. The highest BCUT2D eigenvalue weighted by Gasteiger charge is 2.18. The zero-order chi connectivity index (χ0) is 22.9. The summed E-state index contributed by atoms with van der Waals surface area (Å²) in [5.74, 6) is 1.18. The first kappa shape index (κ1) is 23.9. The van der Waals surface area contributed by atoms with Crippen molar-refractivity contribution in [2.45, 2.75) is 30.4 Å². The van der Waals surface area contributed by atoms with Crippen LogP contribution in [0.3, 0.4) is 0 Å². The van der Waals surface area contributed by atoms with Gasteiger partial charge in [0.05, 0.1) is 29.9 Å². The first-order valence-electron chi connectivity index (χ1n) is 9.89. The van der Waals surface area contributed by atoms with Crippen molar-refractivity contribution >= 4 is 45.7 Å². The lowest BCUT2D eigenvalue weighted by Crippen LogP contribution is -2.12. The van der Waals surface area contributed by atoms with Crippen LogP contribution in [0.25, 0.3) is 0 Å². The van der Waals surface area contributed by atoms with Gasteiger partial charge in [-0.15, -0.1) is 10.2 Å². The minimum atomic E-state index is -0.366. The number of rotatable bonds is 10. The molecule has 1 aromatic heterocycles. The molecule has 1 N–H and O–H groups in total. The lowest BCUT2D eigenvalue weighted by molar-refractivity contribution is 0.102. The number of carbonyl (C=O) groups is 1. The molecule has 0 saturated heterocycles. The molecule has 0 aliphatic rings. The third-order valence-corrected chi connectivity index (χ3v) is 6.42. The van der Waals surface area contributed by atoms with Gasteiger partial charge < -0.3 is 9.47 Å². The minimum absolute atomic E-state index is 0.311. The molecule has 0 aliphatic carbocycles. The van der Waals surface area contributed by atoms with Crippen LogP contribution in [0.15, 0.2) is 40.7 Å². The van der Waals surface area contributed by atoms with Crippen molar-refractivity contribution < 1.29 is 14.3 Å². The van der Waals surface area contributed by atoms with Gasteiger partial charge in [-0.05, 0) is 43.2 Å². The summed E-state index contributed by atoms with van der Waals surface area (Å²) in [5, 5.41) is 20.5. The van der Waals surface area contributed by atoms with Crippen LogP contribution in [0.1, 0.15) is 41.8 Å². The lowest BCUT2D eigenvalue weighted by Gasteiger charge is -2.14. The van der Waals surface area contributed by atoms with Gasteiger partial charge in [-0.3, -0.25) is 10.1 Å². The predicted molar refractivity (Wildman–Crippen MR) is 127 cm³/mol. The van der Waals surface area contributed by atoms with Crippen molar-refractivity contribution in [1.29, 1.82) is 5.26 Å². The van der Waals surface area contributed by atoms with Crippen LogP contribution in [-0.4, -0.2) is 29.3 Å². The Labute approximate surface area is 199 Å². The number of benzene rings is 2. The zero-order valence-electron chi connectivity index (χ0n) is 17.6. The highest BCUT2D eigenvalue weighted by molar-refractivity contribution is 8.00. The highest BCUT2D eigenvalue weighted by atomic mass is 35.5. The number of thioether (sulfide) groups is 1. The van der Waals surface area contributed by atoms with Gasteiger partial charge in [-0.2, -0.15) is 5.26 Å². The Balaban J connectivity index is 1.65. The normalized spacial score (nSPS) is 10.4. The molecule has 0 fully saturated rings. The van der Waals surface area contributed by atoms with E-state index in [4.69, 9.17) is 26.3 Å². The summed E-state index contributed by atoms with van der Waals surface area (Å²) in [5.41, 5.74) is 2.03. The number of carbonyl (C=O) groups excluding carboxylic acids is 1. The lowest BCUT2D eigenvalue weighted by atomic mass is 10.2. The van der Waals surface area contributed by atoms with Gasteiger partial charge in [0.15, 0.2) is 15.8 Å². The molecule has 0 bridgehead atoms. The second-order valence-corrected chi connectivity index (χ2v) is 9.10. The molecule has 1 heterocycles. The average molecular weight is 489 g/mol. The van der Waals surface area contributed by atoms with E-state index in [0.29, 0.717) is 51.7 Å². The summed E-state index contributed by atoms with van der Waals surface area (Å²) in [4.78, 5) is 12.7. The van der Waals surface area contributed by atoms with Crippen molar-refractivity contribution in [1.82, 2.24) is 10.2 Å². The van der Waals surface area contributed by atoms with Gasteiger partial charge in [0.2, 0.25) is 5.13 Å². The van der Waals surface area contributed by atoms with Crippen LogP contribution >= 0.6 is 34.7 Å². The molecule has 0 atom stereocenters. The van der Waals surface area contributed by atoms with E-state index in [1.165, 1.54) is 23.1 Å². The van der Waals surface area contributed by atoms with E-state index >= 15 is 0 Å². The van der Waals surface area contributed by atoms with E-state index < -0.39 is 0 Å². The van der Waals surface area contributed by atoms with E-state index in [9.17, 15) is 4.79 Å². The Morgan fingerprint density at radius 1 is 1.22 bits per heavy atom. The topological polar surface area (TPSA) is 97.1 Å². The molecule has 7 nitrogen and oxygen atoms in total. The van der Waals surface area contributed by atoms with E-state index in [1.54, 1.807) is 24.3 Å². The first-order valence-corrected chi connectivity index (χ1v) is 12.1.